The van der Waals surface area contributed by atoms with E-state index in [1.165, 1.54) is 36.3 Å². The Bertz CT molecular complexity index is 1220. The molecule has 7 nitrogen and oxygen atoms in total. The third-order valence-corrected chi connectivity index (χ3v) is 7.98. The predicted molar refractivity (Wildman–Crippen MR) is 109 cm³/mol. The van der Waals surface area contributed by atoms with Crippen LogP contribution in [0.15, 0.2) is 50.1 Å². The van der Waals surface area contributed by atoms with Gasteiger partial charge in [0.15, 0.2) is 4.34 Å². The molecule has 1 aliphatic heterocycles. The highest BCUT2D eigenvalue weighted by atomic mass is 35.5. The van der Waals surface area contributed by atoms with Gasteiger partial charge in [-0.3, -0.25) is 9.78 Å². The van der Waals surface area contributed by atoms with Crippen molar-refractivity contribution in [3.8, 4) is 0 Å². The van der Waals surface area contributed by atoms with Crippen molar-refractivity contribution in [2.75, 3.05) is 5.32 Å². The Morgan fingerprint density at radius 1 is 1.14 bits per heavy atom. The van der Waals surface area contributed by atoms with Crippen molar-refractivity contribution in [3.63, 3.8) is 0 Å². The Balaban J connectivity index is 1.52. The average molecular weight is 471 g/mol. The van der Waals surface area contributed by atoms with E-state index in [2.05, 4.69) is 20.5 Å². The maximum absolute atomic E-state index is 12.4. The molecule has 0 fully saturated rings. The number of benzene rings is 1. The van der Waals surface area contributed by atoms with Crippen molar-refractivity contribution in [1.82, 2.24) is 15.2 Å². The zero-order chi connectivity index (χ0) is 19.9. The molecule has 2 aromatic heterocycles. The van der Waals surface area contributed by atoms with Gasteiger partial charge in [0.1, 0.15) is 0 Å². The van der Waals surface area contributed by atoms with E-state index in [1.54, 1.807) is 12.1 Å². The Labute approximate surface area is 177 Å². The van der Waals surface area contributed by atoms with Crippen LogP contribution in [-0.2, 0) is 9.84 Å². The van der Waals surface area contributed by atoms with Crippen LogP contribution >= 0.6 is 46.3 Å². The van der Waals surface area contributed by atoms with Gasteiger partial charge in [-0.1, -0.05) is 52.4 Å². The molecule has 0 aliphatic carbocycles. The van der Waals surface area contributed by atoms with Gasteiger partial charge in [-0.25, -0.2) is 8.42 Å². The highest BCUT2D eigenvalue weighted by molar-refractivity contribution is 8.01. The summed E-state index contributed by atoms with van der Waals surface area (Å²) in [5.41, 5.74) is 0.930. The molecule has 3 aromatic rings. The van der Waals surface area contributed by atoms with E-state index < -0.39 is 15.7 Å². The second-order valence-electron chi connectivity index (χ2n) is 5.46. The minimum absolute atomic E-state index is 0.116. The second kappa shape index (κ2) is 7.45. The number of nitrogens with zero attached hydrogens (tertiary/aromatic N) is 3. The summed E-state index contributed by atoms with van der Waals surface area (Å²) in [6, 6.07) is 4.66. The van der Waals surface area contributed by atoms with Crippen LogP contribution in [0.5, 0.6) is 0 Å². The third-order valence-electron chi connectivity index (χ3n) is 3.60. The molecule has 0 spiro atoms. The highest BCUT2D eigenvalue weighted by Crippen LogP contribution is 2.39. The maximum Gasteiger partial charge on any atom is 0.286 e. The first-order valence-electron chi connectivity index (χ1n) is 7.52. The molecule has 142 valence electrons. The lowest BCUT2D eigenvalue weighted by atomic mass is 10.2. The van der Waals surface area contributed by atoms with E-state index in [9.17, 15) is 13.2 Å². The van der Waals surface area contributed by atoms with Crippen molar-refractivity contribution in [2.45, 2.75) is 14.1 Å². The molecule has 4 rings (SSSR count). The fraction of sp³-hybridized carbons (Fsp3) is 0. The van der Waals surface area contributed by atoms with Gasteiger partial charge >= 0.3 is 0 Å². The van der Waals surface area contributed by atoms with Gasteiger partial charge in [0.25, 0.3) is 5.91 Å². The summed E-state index contributed by atoms with van der Waals surface area (Å²) in [6.07, 6.45) is 4.43. The summed E-state index contributed by atoms with van der Waals surface area (Å²) in [7, 11) is -3.46. The Morgan fingerprint density at radius 3 is 2.64 bits per heavy atom. The predicted octanol–water partition coefficient (Wildman–Crippen LogP) is 4.40. The molecule has 3 heterocycles. The van der Waals surface area contributed by atoms with Gasteiger partial charge in [-0.15, -0.1) is 10.2 Å². The molecule has 0 saturated heterocycles. The first-order chi connectivity index (χ1) is 13.3. The van der Waals surface area contributed by atoms with Gasteiger partial charge in [0, 0.05) is 23.5 Å². The number of nitrogens with one attached hydrogen (secondary N) is 1. The Morgan fingerprint density at radius 2 is 1.89 bits per heavy atom. The van der Waals surface area contributed by atoms with E-state index in [1.807, 2.05) is 0 Å². The van der Waals surface area contributed by atoms with E-state index in [4.69, 9.17) is 23.2 Å². The van der Waals surface area contributed by atoms with Crippen molar-refractivity contribution < 1.29 is 13.2 Å². The molecule has 1 amide bonds. The van der Waals surface area contributed by atoms with Crippen LogP contribution in [0, 0.1) is 0 Å². The number of aromatic nitrogens is 3. The van der Waals surface area contributed by atoms with Crippen molar-refractivity contribution in [1.29, 1.82) is 0 Å². The lowest BCUT2D eigenvalue weighted by molar-refractivity contribution is 0.102. The number of pyridine rings is 1. The van der Waals surface area contributed by atoms with Crippen LogP contribution in [0.3, 0.4) is 0 Å². The summed E-state index contributed by atoms with van der Waals surface area (Å²) in [6.45, 7) is 0. The molecular formula is C16H8Cl2N4O3S3. The number of anilines is 1. The number of sulfone groups is 1. The SMILES string of the molecule is O=C(Nc1ccc2c(c1)S(=O)(=O)C=C2)c1nnc(Sc2c(Cl)cncc2Cl)s1. The quantitative estimate of drug-likeness (QED) is 0.602. The smallest absolute Gasteiger partial charge is 0.286 e. The molecule has 28 heavy (non-hydrogen) atoms. The lowest BCUT2D eigenvalue weighted by Crippen LogP contribution is -2.12. The van der Waals surface area contributed by atoms with Gasteiger partial charge in [-0.2, -0.15) is 0 Å². The summed E-state index contributed by atoms with van der Waals surface area (Å²) in [5.74, 6) is -0.500. The summed E-state index contributed by atoms with van der Waals surface area (Å²) >= 11 is 14.4. The molecule has 12 heteroatoms. The van der Waals surface area contributed by atoms with Crippen molar-refractivity contribution in [3.05, 3.63) is 56.6 Å². The van der Waals surface area contributed by atoms with E-state index in [0.717, 1.165) is 16.7 Å². The van der Waals surface area contributed by atoms with Crippen LogP contribution in [0.2, 0.25) is 10.0 Å². The zero-order valence-electron chi connectivity index (χ0n) is 13.6. The molecule has 1 N–H and O–H groups in total. The summed E-state index contributed by atoms with van der Waals surface area (Å²) < 4.78 is 24.4. The average Bonchev–Trinajstić information content (AvgIpc) is 3.23. The lowest BCUT2D eigenvalue weighted by Gasteiger charge is -2.05. The number of fused-ring (bicyclic) bond motifs is 1. The molecular weight excluding hydrogens is 463 g/mol. The highest BCUT2D eigenvalue weighted by Gasteiger charge is 2.22. The first kappa shape index (κ1) is 19.3. The van der Waals surface area contributed by atoms with Crippen LogP contribution in [-0.4, -0.2) is 29.5 Å². The van der Waals surface area contributed by atoms with E-state index in [0.29, 0.717) is 30.5 Å². The Hall–Kier alpha value is -1.98. The van der Waals surface area contributed by atoms with Gasteiger partial charge < -0.3 is 5.32 Å². The van der Waals surface area contributed by atoms with Crippen LogP contribution in [0.1, 0.15) is 15.4 Å². The Kier molecular flexibility index (Phi) is 5.15. The molecule has 0 saturated carbocycles. The maximum atomic E-state index is 12.4. The molecule has 0 bridgehead atoms. The van der Waals surface area contributed by atoms with Crippen molar-refractivity contribution in [2.24, 2.45) is 0 Å². The standard InChI is InChI=1S/C16H8Cl2N4O3S3/c17-10-6-19-7-11(18)13(10)26-16-22-21-15(27-16)14(23)20-9-2-1-8-3-4-28(24,25)12(8)5-9/h1-7H,(H,20,23). The number of hydrogen-bond acceptors (Lipinski definition) is 8. The van der Waals surface area contributed by atoms with Crippen LogP contribution < -0.4 is 5.32 Å². The van der Waals surface area contributed by atoms with Crippen molar-refractivity contribution >= 4 is 73.8 Å². The normalized spacial score (nSPS) is 14.1. The number of carbonyl (C=O) groups excluding carboxylic acids is 1. The molecule has 1 aromatic carbocycles. The fourth-order valence-corrected chi connectivity index (χ4v) is 5.85. The number of halogens is 2. The number of hydrogen-bond donors (Lipinski definition) is 1. The van der Waals surface area contributed by atoms with E-state index in [-0.39, 0.29) is 9.90 Å². The van der Waals surface area contributed by atoms with Crippen LogP contribution in [0.4, 0.5) is 5.69 Å². The molecule has 0 atom stereocenters. The number of amides is 1. The number of carbonyl (C=O) groups is 1. The number of rotatable bonds is 4. The minimum Gasteiger partial charge on any atom is -0.320 e. The van der Waals surface area contributed by atoms with E-state index >= 15 is 0 Å². The summed E-state index contributed by atoms with van der Waals surface area (Å²) in [4.78, 5) is 17.0. The first-order valence-corrected chi connectivity index (χ1v) is 11.5. The zero-order valence-corrected chi connectivity index (χ0v) is 17.5. The van der Waals surface area contributed by atoms with Gasteiger partial charge in [0.05, 0.1) is 19.8 Å². The third kappa shape index (κ3) is 3.78. The second-order valence-corrected chi connectivity index (χ2v) is 10.3. The fourth-order valence-electron chi connectivity index (χ4n) is 2.34. The molecule has 0 radical (unpaired) electrons. The topological polar surface area (TPSA) is 102 Å². The molecule has 1 aliphatic rings. The van der Waals surface area contributed by atoms with Crippen LogP contribution in [0.25, 0.3) is 6.08 Å². The molecule has 0 unspecified atom stereocenters. The van der Waals surface area contributed by atoms with Gasteiger partial charge in [0.2, 0.25) is 14.8 Å². The minimum atomic E-state index is -3.46. The summed E-state index contributed by atoms with van der Waals surface area (Å²) in [5, 5.41) is 12.4. The monoisotopic (exact) mass is 470 g/mol. The van der Waals surface area contributed by atoms with Gasteiger partial charge in [-0.05, 0) is 23.8 Å². The largest absolute Gasteiger partial charge is 0.320 e.